The molecule has 1 rings (SSSR count). The standard InChI is InChI=1S/C13H21P/c1-5-7-13(8-6-2)14-9-11(3)12(4)10-14/h5-8,11-12H,1,9-10H2,2-4H3/b8-6-,13-7+. The second kappa shape index (κ2) is 5.51. The zero-order chi connectivity index (χ0) is 10.6. The van der Waals surface area contributed by atoms with Crippen molar-refractivity contribution in [1.82, 2.24) is 0 Å². The van der Waals surface area contributed by atoms with Gasteiger partial charge in [-0.25, -0.2) is 0 Å². The molecule has 1 aliphatic rings. The van der Waals surface area contributed by atoms with E-state index in [0.29, 0.717) is 0 Å². The van der Waals surface area contributed by atoms with E-state index in [4.69, 9.17) is 0 Å². The fourth-order valence-corrected chi connectivity index (χ4v) is 5.26. The van der Waals surface area contributed by atoms with Gasteiger partial charge in [-0.05, 0) is 36.4 Å². The van der Waals surface area contributed by atoms with E-state index in [0.717, 1.165) is 11.8 Å². The van der Waals surface area contributed by atoms with Crippen LogP contribution in [0.5, 0.6) is 0 Å². The first kappa shape index (κ1) is 11.7. The molecule has 1 aliphatic heterocycles. The quantitative estimate of drug-likeness (QED) is 0.476. The van der Waals surface area contributed by atoms with Crippen molar-refractivity contribution in [3.05, 3.63) is 36.2 Å². The van der Waals surface area contributed by atoms with Gasteiger partial charge in [-0.3, -0.25) is 0 Å². The average molecular weight is 208 g/mol. The Morgan fingerprint density at radius 1 is 1.29 bits per heavy atom. The smallest absolute Gasteiger partial charge is 0.0244 e. The Balaban J connectivity index is 2.72. The van der Waals surface area contributed by atoms with E-state index in [9.17, 15) is 0 Å². The first-order valence-electron chi connectivity index (χ1n) is 5.39. The third-order valence-electron chi connectivity index (χ3n) is 2.98. The number of hydrogen-bond donors (Lipinski definition) is 0. The highest BCUT2D eigenvalue weighted by Crippen LogP contribution is 2.55. The molecule has 0 aromatic rings. The topological polar surface area (TPSA) is 0 Å². The molecule has 0 spiro atoms. The Morgan fingerprint density at radius 2 is 1.86 bits per heavy atom. The fourth-order valence-electron chi connectivity index (χ4n) is 1.90. The summed E-state index contributed by atoms with van der Waals surface area (Å²) in [6.07, 6.45) is 11.3. The van der Waals surface area contributed by atoms with Crippen LogP contribution in [0.15, 0.2) is 36.2 Å². The van der Waals surface area contributed by atoms with Crippen LogP contribution < -0.4 is 0 Å². The summed E-state index contributed by atoms with van der Waals surface area (Å²) >= 11 is 0. The van der Waals surface area contributed by atoms with E-state index >= 15 is 0 Å². The normalized spacial score (nSPS) is 33.9. The molecule has 0 bridgehead atoms. The molecule has 0 saturated carbocycles. The van der Waals surface area contributed by atoms with Crippen LogP contribution in [0.1, 0.15) is 20.8 Å². The summed E-state index contributed by atoms with van der Waals surface area (Å²) in [6.45, 7) is 10.7. The molecule has 0 N–H and O–H groups in total. The maximum atomic E-state index is 3.79. The summed E-state index contributed by atoms with van der Waals surface area (Å²) in [4.78, 5) is 0. The molecule has 0 aliphatic carbocycles. The van der Waals surface area contributed by atoms with Gasteiger partial charge in [0.1, 0.15) is 0 Å². The predicted octanol–water partition coefficient (Wildman–Crippen LogP) is 4.40. The van der Waals surface area contributed by atoms with Gasteiger partial charge in [-0.15, -0.1) is 0 Å². The van der Waals surface area contributed by atoms with Crippen molar-refractivity contribution in [2.45, 2.75) is 20.8 Å². The largest absolute Gasteiger partial charge is 0.0990 e. The van der Waals surface area contributed by atoms with E-state index < -0.39 is 0 Å². The van der Waals surface area contributed by atoms with Crippen LogP contribution in [0.3, 0.4) is 0 Å². The second-order valence-corrected chi connectivity index (χ2v) is 6.51. The molecule has 0 nitrogen and oxygen atoms in total. The van der Waals surface area contributed by atoms with Gasteiger partial charge in [0, 0.05) is 0 Å². The molecular weight excluding hydrogens is 187 g/mol. The molecular formula is C13H21P. The Kier molecular flexibility index (Phi) is 4.62. The SMILES string of the molecule is C=C/C=C(\C=C/C)P1CC(C)C(C)C1. The minimum absolute atomic E-state index is 0.104. The molecule has 1 fully saturated rings. The predicted molar refractivity (Wildman–Crippen MR) is 68.1 cm³/mol. The van der Waals surface area contributed by atoms with Gasteiger partial charge < -0.3 is 0 Å². The van der Waals surface area contributed by atoms with Crippen molar-refractivity contribution >= 4 is 7.92 Å². The Labute approximate surface area is 89.5 Å². The van der Waals surface area contributed by atoms with Crippen LogP contribution in [-0.2, 0) is 0 Å². The molecule has 0 amide bonds. The van der Waals surface area contributed by atoms with E-state index in [2.05, 4.69) is 45.6 Å². The van der Waals surface area contributed by atoms with Crippen molar-refractivity contribution in [3.8, 4) is 0 Å². The first-order chi connectivity index (χ1) is 6.69. The molecule has 0 radical (unpaired) electrons. The summed E-state index contributed by atoms with van der Waals surface area (Å²) < 4.78 is 0. The molecule has 1 heterocycles. The lowest BCUT2D eigenvalue weighted by atomic mass is 10.0. The molecule has 2 atom stereocenters. The van der Waals surface area contributed by atoms with Gasteiger partial charge in [0.05, 0.1) is 0 Å². The molecule has 0 aromatic carbocycles. The van der Waals surface area contributed by atoms with Gasteiger partial charge in [-0.1, -0.05) is 52.7 Å². The lowest BCUT2D eigenvalue weighted by Crippen LogP contribution is -2.01. The van der Waals surface area contributed by atoms with Crippen molar-refractivity contribution < 1.29 is 0 Å². The summed E-state index contributed by atoms with van der Waals surface area (Å²) in [5.74, 6) is 1.80. The highest BCUT2D eigenvalue weighted by molar-refractivity contribution is 7.62. The summed E-state index contributed by atoms with van der Waals surface area (Å²) in [6, 6.07) is 0. The molecule has 2 unspecified atom stereocenters. The van der Waals surface area contributed by atoms with Gasteiger partial charge in [0.25, 0.3) is 0 Å². The van der Waals surface area contributed by atoms with Gasteiger partial charge in [-0.2, -0.15) is 0 Å². The lowest BCUT2D eigenvalue weighted by molar-refractivity contribution is 0.494. The average Bonchev–Trinajstić information content (AvgIpc) is 2.47. The fraction of sp³-hybridized carbons (Fsp3) is 0.538. The summed E-state index contributed by atoms with van der Waals surface area (Å²) in [7, 11) is 0.104. The molecule has 1 heteroatoms. The Morgan fingerprint density at radius 3 is 2.29 bits per heavy atom. The van der Waals surface area contributed by atoms with Crippen LogP contribution in [0.4, 0.5) is 0 Å². The van der Waals surface area contributed by atoms with Crippen molar-refractivity contribution in [3.63, 3.8) is 0 Å². The van der Waals surface area contributed by atoms with Gasteiger partial charge in [0.15, 0.2) is 0 Å². The van der Waals surface area contributed by atoms with E-state index in [1.54, 1.807) is 0 Å². The Bertz CT molecular complexity index is 240. The minimum atomic E-state index is 0.104. The Hall–Kier alpha value is -0.350. The zero-order valence-corrected chi connectivity index (χ0v) is 10.4. The summed E-state index contributed by atoms with van der Waals surface area (Å²) in [5.41, 5.74) is 0. The van der Waals surface area contributed by atoms with Crippen LogP contribution in [-0.4, -0.2) is 12.3 Å². The van der Waals surface area contributed by atoms with Crippen LogP contribution in [0.2, 0.25) is 0 Å². The molecule has 0 aromatic heterocycles. The van der Waals surface area contributed by atoms with Gasteiger partial charge >= 0.3 is 0 Å². The zero-order valence-electron chi connectivity index (χ0n) is 9.53. The highest BCUT2D eigenvalue weighted by atomic mass is 31.1. The molecule has 78 valence electrons. The van der Waals surface area contributed by atoms with Crippen LogP contribution in [0, 0.1) is 11.8 Å². The number of rotatable bonds is 3. The monoisotopic (exact) mass is 208 g/mol. The second-order valence-electron chi connectivity index (χ2n) is 4.19. The van der Waals surface area contributed by atoms with Crippen molar-refractivity contribution in [1.29, 1.82) is 0 Å². The minimum Gasteiger partial charge on any atom is -0.0990 e. The maximum Gasteiger partial charge on any atom is -0.0244 e. The number of allylic oxidation sites excluding steroid dienone is 5. The van der Waals surface area contributed by atoms with E-state index in [-0.39, 0.29) is 7.92 Å². The summed E-state index contributed by atoms with van der Waals surface area (Å²) in [5, 5.41) is 1.52. The van der Waals surface area contributed by atoms with Crippen LogP contribution >= 0.6 is 7.92 Å². The third-order valence-corrected chi connectivity index (χ3v) is 6.04. The maximum absolute atomic E-state index is 3.79. The third kappa shape index (κ3) is 2.82. The number of hydrogen-bond acceptors (Lipinski definition) is 0. The van der Waals surface area contributed by atoms with E-state index in [1.807, 2.05) is 6.08 Å². The van der Waals surface area contributed by atoms with Crippen molar-refractivity contribution in [2.24, 2.45) is 11.8 Å². The van der Waals surface area contributed by atoms with E-state index in [1.165, 1.54) is 17.6 Å². The highest BCUT2D eigenvalue weighted by Gasteiger charge is 2.28. The van der Waals surface area contributed by atoms with Crippen molar-refractivity contribution in [2.75, 3.05) is 12.3 Å². The van der Waals surface area contributed by atoms with Crippen LogP contribution in [0.25, 0.3) is 0 Å². The van der Waals surface area contributed by atoms with Gasteiger partial charge in [0.2, 0.25) is 0 Å². The molecule has 14 heavy (non-hydrogen) atoms. The lowest BCUT2D eigenvalue weighted by Gasteiger charge is -2.11. The first-order valence-corrected chi connectivity index (χ1v) is 7.10. The molecule has 1 saturated heterocycles.